The number of aromatic nitrogens is 5. The van der Waals surface area contributed by atoms with E-state index in [1.54, 1.807) is 0 Å². The molecule has 2 aromatic carbocycles. The smallest absolute Gasteiger partial charge is 0.178 e. The second-order valence-electron chi connectivity index (χ2n) is 10.2. The standard InChI is InChI=1S/C36H34N6/c1-25(13-10-14-26(2)37)35-39-30(23-33(41-35)28-16-6-4-7-17-28)20-12-21-31-24-34(29-18-8-5-9-19-29)42-36(40-31)32-22-11-15-27(3)38-32/h4-11,13-19,22-24H,1,12,20-21,37H2,2-3H3/b13-10-,26-14-. The van der Waals surface area contributed by atoms with Crippen LogP contribution in [0.2, 0.25) is 0 Å². The minimum Gasteiger partial charge on any atom is -0.402 e. The maximum atomic E-state index is 5.77. The van der Waals surface area contributed by atoms with Crippen LogP contribution in [-0.2, 0) is 12.8 Å². The molecule has 0 fully saturated rings. The highest BCUT2D eigenvalue weighted by Gasteiger charge is 2.12. The molecule has 0 saturated heterocycles. The molecule has 6 nitrogen and oxygen atoms in total. The molecule has 2 N–H and O–H groups in total. The predicted octanol–water partition coefficient (Wildman–Crippen LogP) is 7.58. The van der Waals surface area contributed by atoms with Gasteiger partial charge in [0.25, 0.3) is 0 Å². The fourth-order valence-electron chi connectivity index (χ4n) is 4.53. The zero-order chi connectivity index (χ0) is 29.3. The van der Waals surface area contributed by atoms with Crippen LogP contribution in [0.3, 0.4) is 0 Å². The molecule has 0 spiro atoms. The van der Waals surface area contributed by atoms with Crippen molar-refractivity contribution in [3.63, 3.8) is 0 Å². The van der Waals surface area contributed by atoms with Crippen LogP contribution in [0.15, 0.2) is 121 Å². The Labute approximate surface area is 247 Å². The maximum Gasteiger partial charge on any atom is 0.178 e. The van der Waals surface area contributed by atoms with Gasteiger partial charge in [-0.25, -0.2) is 24.9 Å². The number of aryl methyl sites for hydroxylation is 3. The Morgan fingerprint density at radius 2 is 1.33 bits per heavy atom. The Kier molecular flexibility index (Phi) is 9.04. The number of hydrogen-bond acceptors (Lipinski definition) is 6. The van der Waals surface area contributed by atoms with Gasteiger partial charge < -0.3 is 5.73 Å². The molecule has 0 amide bonds. The Bertz CT molecular complexity index is 1740. The van der Waals surface area contributed by atoms with Gasteiger partial charge in [0, 0.05) is 39.5 Å². The molecule has 0 atom stereocenters. The summed E-state index contributed by atoms with van der Waals surface area (Å²) in [6.45, 7) is 8.03. The predicted molar refractivity (Wildman–Crippen MR) is 171 cm³/mol. The average Bonchev–Trinajstić information content (AvgIpc) is 3.01. The van der Waals surface area contributed by atoms with Crippen LogP contribution in [0.1, 0.15) is 36.3 Å². The van der Waals surface area contributed by atoms with Crippen molar-refractivity contribution in [3.8, 4) is 34.0 Å². The molecule has 5 aromatic rings. The topological polar surface area (TPSA) is 90.5 Å². The van der Waals surface area contributed by atoms with E-state index in [-0.39, 0.29) is 0 Å². The van der Waals surface area contributed by atoms with Crippen molar-refractivity contribution in [2.24, 2.45) is 5.73 Å². The third-order valence-electron chi connectivity index (χ3n) is 6.62. The van der Waals surface area contributed by atoms with Crippen molar-refractivity contribution >= 4 is 5.57 Å². The minimum atomic E-state index is 0.604. The van der Waals surface area contributed by atoms with Crippen molar-refractivity contribution in [2.75, 3.05) is 0 Å². The molecule has 5 rings (SSSR count). The molecule has 0 unspecified atom stereocenters. The number of pyridine rings is 1. The van der Waals surface area contributed by atoms with E-state index in [1.165, 1.54) is 0 Å². The van der Waals surface area contributed by atoms with Crippen LogP contribution in [0.5, 0.6) is 0 Å². The van der Waals surface area contributed by atoms with Crippen LogP contribution >= 0.6 is 0 Å². The Hall–Kier alpha value is -5.23. The molecule has 0 aliphatic carbocycles. The van der Waals surface area contributed by atoms with Crippen molar-refractivity contribution < 1.29 is 0 Å². The van der Waals surface area contributed by atoms with Crippen LogP contribution in [0, 0.1) is 6.92 Å². The third kappa shape index (κ3) is 7.49. The largest absolute Gasteiger partial charge is 0.402 e. The molecule has 3 aromatic heterocycles. The highest BCUT2D eigenvalue weighted by atomic mass is 14.9. The van der Waals surface area contributed by atoms with Crippen LogP contribution < -0.4 is 5.73 Å². The molecule has 0 aliphatic heterocycles. The SMILES string of the molecule is C=C(/C=C\C=C(\C)N)c1nc(CCCc2cc(-c3ccccc3)nc(-c3cccc(C)n3)n2)cc(-c2ccccc2)n1. The summed E-state index contributed by atoms with van der Waals surface area (Å²) in [5, 5.41) is 0. The molecular formula is C36H34N6. The number of nitrogens with zero attached hydrogens (tertiary/aromatic N) is 5. The lowest BCUT2D eigenvalue weighted by molar-refractivity contribution is 0.774. The van der Waals surface area contributed by atoms with Crippen molar-refractivity contribution in [2.45, 2.75) is 33.1 Å². The molecule has 0 radical (unpaired) electrons. The molecule has 6 heteroatoms. The van der Waals surface area contributed by atoms with Gasteiger partial charge in [-0.15, -0.1) is 0 Å². The minimum absolute atomic E-state index is 0.604. The number of hydrogen-bond donors (Lipinski definition) is 1. The second kappa shape index (κ2) is 13.4. The van der Waals surface area contributed by atoms with Gasteiger partial charge in [0.1, 0.15) is 5.69 Å². The van der Waals surface area contributed by atoms with E-state index in [0.29, 0.717) is 11.6 Å². The van der Waals surface area contributed by atoms with Crippen LogP contribution in [-0.4, -0.2) is 24.9 Å². The summed E-state index contributed by atoms with van der Waals surface area (Å²) in [6, 6.07) is 30.4. The van der Waals surface area contributed by atoms with E-state index >= 15 is 0 Å². The van der Waals surface area contributed by atoms with Gasteiger partial charge in [-0.2, -0.15) is 0 Å². The van der Waals surface area contributed by atoms with E-state index in [4.69, 9.17) is 25.7 Å². The van der Waals surface area contributed by atoms with Crippen LogP contribution in [0.25, 0.3) is 39.6 Å². The van der Waals surface area contributed by atoms with Crippen LogP contribution in [0.4, 0.5) is 0 Å². The number of allylic oxidation sites excluding steroid dienone is 5. The fraction of sp³-hybridized carbons (Fsp3) is 0.139. The summed E-state index contributed by atoms with van der Waals surface area (Å²) in [4.78, 5) is 24.2. The first kappa shape index (κ1) is 28.3. The molecule has 42 heavy (non-hydrogen) atoms. The summed E-state index contributed by atoms with van der Waals surface area (Å²) in [5.74, 6) is 1.24. The first-order valence-electron chi connectivity index (χ1n) is 14.0. The Morgan fingerprint density at radius 3 is 1.95 bits per heavy atom. The summed E-state index contributed by atoms with van der Waals surface area (Å²) >= 11 is 0. The van der Waals surface area contributed by atoms with Gasteiger partial charge in [0.15, 0.2) is 11.6 Å². The molecule has 208 valence electrons. The quantitative estimate of drug-likeness (QED) is 0.180. The highest BCUT2D eigenvalue weighted by Crippen LogP contribution is 2.24. The van der Waals surface area contributed by atoms with E-state index < -0.39 is 0 Å². The first-order chi connectivity index (χ1) is 20.4. The Balaban J connectivity index is 1.42. The van der Waals surface area contributed by atoms with Gasteiger partial charge in [-0.1, -0.05) is 85.5 Å². The normalized spacial score (nSPS) is 11.6. The summed E-state index contributed by atoms with van der Waals surface area (Å²) in [5.41, 5.74) is 14.7. The number of benzene rings is 2. The highest BCUT2D eigenvalue weighted by molar-refractivity contribution is 5.70. The zero-order valence-corrected chi connectivity index (χ0v) is 24.0. The van der Waals surface area contributed by atoms with Gasteiger partial charge >= 0.3 is 0 Å². The number of nitrogens with two attached hydrogens (primary N) is 1. The molecule has 0 saturated carbocycles. The molecule has 0 aliphatic rings. The Morgan fingerprint density at radius 1 is 0.714 bits per heavy atom. The maximum absolute atomic E-state index is 5.77. The van der Waals surface area contributed by atoms with E-state index in [0.717, 1.165) is 75.8 Å². The average molecular weight is 551 g/mol. The lowest BCUT2D eigenvalue weighted by Gasteiger charge is -2.10. The summed E-state index contributed by atoms with van der Waals surface area (Å²) in [7, 11) is 0. The van der Waals surface area contributed by atoms with Crippen molar-refractivity contribution in [3.05, 3.63) is 144 Å². The first-order valence-corrected chi connectivity index (χ1v) is 14.0. The zero-order valence-electron chi connectivity index (χ0n) is 24.0. The van der Waals surface area contributed by atoms with Crippen molar-refractivity contribution in [1.29, 1.82) is 0 Å². The molecule has 3 heterocycles. The summed E-state index contributed by atoms with van der Waals surface area (Å²) < 4.78 is 0. The monoisotopic (exact) mass is 550 g/mol. The lowest BCUT2D eigenvalue weighted by atomic mass is 10.1. The van der Waals surface area contributed by atoms with Crippen molar-refractivity contribution in [1.82, 2.24) is 24.9 Å². The summed E-state index contributed by atoms with van der Waals surface area (Å²) in [6.07, 6.45) is 7.97. The second-order valence-corrected chi connectivity index (χ2v) is 10.2. The van der Waals surface area contributed by atoms with Gasteiger partial charge in [-0.3, -0.25) is 0 Å². The fourth-order valence-corrected chi connectivity index (χ4v) is 4.53. The van der Waals surface area contributed by atoms with E-state index in [1.807, 2.05) is 86.7 Å². The van der Waals surface area contributed by atoms with Gasteiger partial charge in [0.2, 0.25) is 0 Å². The molecule has 0 bridgehead atoms. The third-order valence-corrected chi connectivity index (χ3v) is 6.62. The molecular weight excluding hydrogens is 516 g/mol. The number of rotatable bonds is 10. The van der Waals surface area contributed by atoms with E-state index in [2.05, 4.69) is 48.0 Å². The lowest BCUT2D eigenvalue weighted by Crippen LogP contribution is -2.03. The van der Waals surface area contributed by atoms with E-state index in [9.17, 15) is 0 Å². The van der Waals surface area contributed by atoms with Gasteiger partial charge in [0.05, 0.1) is 11.4 Å². The van der Waals surface area contributed by atoms with Gasteiger partial charge in [-0.05, 0) is 63.5 Å².